The zero-order chi connectivity index (χ0) is 17.3. The van der Waals surface area contributed by atoms with Gasteiger partial charge in [-0.05, 0) is 38.1 Å². The lowest BCUT2D eigenvalue weighted by Gasteiger charge is -2.06. The highest BCUT2D eigenvalue weighted by Gasteiger charge is 2.15. The quantitative estimate of drug-likeness (QED) is 0.635. The molecular formula is C17H16ClN3O2S. The molecule has 0 aliphatic carbocycles. The number of benzene rings is 1. The summed E-state index contributed by atoms with van der Waals surface area (Å²) in [6.07, 6.45) is 1.72. The van der Waals surface area contributed by atoms with Crippen LogP contribution < -0.4 is 0 Å². The van der Waals surface area contributed by atoms with Crippen LogP contribution in [0.5, 0.6) is 0 Å². The van der Waals surface area contributed by atoms with Crippen molar-refractivity contribution >= 4 is 45.2 Å². The zero-order valence-electron chi connectivity index (χ0n) is 13.4. The van der Waals surface area contributed by atoms with Crippen molar-refractivity contribution in [3.8, 4) is 0 Å². The molecule has 0 N–H and O–H groups in total. The SMILES string of the molecule is C=Cc1nc2c(Cn3nc(C(=O)OCC)cc3C)cc(Cl)cc2s1. The Hall–Kier alpha value is -2.18. The van der Waals surface area contributed by atoms with Crippen LogP contribution in [0.1, 0.15) is 33.7 Å². The first-order chi connectivity index (χ1) is 11.5. The number of hydrogen-bond acceptors (Lipinski definition) is 5. The molecule has 24 heavy (non-hydrogen) atoms. The minimum atomic E-state index is -0.418. The van der Waals surface area contributed by atoms with Crippen molar-refractivity contribution in [1.29, 1.82) is 0 Å². The van der Waals surface area contributed by atoms with Crippen LogP contribution in [0.25, 0.3) is 16.3 Å². The largest absolute Gasteiger partial charge is 0.461 e. The fourth-order valence-corrected chi connectivity index (χ4v) is 3.63. The van der Waals surface area contributed by atoms with Crippen LogP contribution in [-0.4, -0.2) is 27.3 Å². The van der Waals surface area contributed by atoms with Gasteiger partial charge in [0.1, 0.15) is 5.01 Å². The Morgan fingerprint density at radius 1 is 1.46 bits per heavy atom. The third-order valence-corrected chi connectivity index (χ3v) is 4.73. The molecule has 3 rings (SSSR count). The summed E-state index contributed by atoms with van der Waals surface area (Å²) in [4.78, 5) is 16.4. The number of thiazole rings is 1. The molecule has 0 aliphatic heterocycles. The molecule has 7 heteroatoms. The predicted molar refractivity (Wildman–Crippen MR) is 96.7 cm³/mol. The summed E-state index contributed by atoms with van der Waals surface area (Å²) < 4.78 is 7.75. The van der Waals surface area contributed by atoms with E-state index in [-0.39, 0.29) is 0 Å². The van der Waals surface area contributed by atoms with Crippen LogP contribution in [0.2, 0.25) is 5.02 Å². The lowest BCUT2D eigenvalue weighted by Crippen LogP contribution is -2.08. The number of nitrogens with zero attached hydrogens (tertiary/aromatic N) is 3. The summed E-state index contributed by atoms with van der Waals surface area (Å²) in [6.45, 7) is 8.22. The topological polar surface area (TPSA) is 57.0 Å². The van der Waals surface area contributed by atoms with E-state index in [1.165, 1.54) is 11.3 Å². The molecule has 124 valence electrons. The number of fused-ring (bicyclic) bond motifs is 1. The van der Waals surface area contributed by atoms with Gasteiger partial charge in [-0.3, -0.25) is 4.68 Å². The van der Waals surface area contributed by atoms with Crippen LogP contribution >= 0.6 is 22.9 Å². The number of hydrogen-bond donors (Lipinski definition) is 0. The van der Waals surface area contributed by atoms with E-state index in [0.717, 1.165) is 26.5 Å². The van der Waals surface area contributed by atoms with Crippen LogP contribution in [0.15, 0.2) is 24.8 Å². The van der Waals surface area contributed by atoms with Gasteiger partial charge in [-0.15, -0.1) is 11.3 Å². The first kappa shape index (κ1) is 16.7. The summed E-state index contributed by atoms with van der Waals surface area (Å²) in [5.74, 6) is -0.418. The molecule has 0 spiro atoms. The molecule has 0 radical (unpaired) electrons. The summed E-state index contributed by atoms with van der Waals surface area (Å²) in [6, 6.07) is 5.49. The first-order valence-corrected chi connectivity index (χ1v) is 8.64. The fraction of sp³-hybridized carbons (Fsp3) is 0.235. The van der Waals surface area contributed by atoms with E-state index in [1.807, 2.05) is 19.1 Å². The number of aryl methyl sites for hydroxylation is 1. The van der Waals surface area contributed by atoms with E-state index >= 15 is 0 Å². The van der Waals surface area contributed by atoms with Gasteiger partial charge in [-0.1, -0.05) is 18.2 Å². The van der Waals surface area contributed by atoms with Crippen molar-refractivity contribution < 1.29 is 9.53 Å². The second-order valence-electron chi connectivity index (χ2n) is 5.22. The molecule has 2 aromatic heterocycles. The minimum Gasteiger partial charge on any atom is -0.461 e. The fourth-order valence-electron chi connectivity index (χ4n) is 2.42. The molecule has 3 aromatic rings. The van der Waals surface area contributed by atoms with E-state index in [2.05, 4.69) is 16.7 Å². The Labute approximate surface area is 148 Å². The molecule has 5 nitrogen and oxygen atoms in total. The average molecular weight is 362 g/mol. The standard InChI is InChI=1S/C17H16ClN3O2S/c1-4-15-19-16-11(7-12(18)8-14(16)24-15)9-21-10(3)6-13(20-21)17(22)23-5-2/h4,6-8H,1,5,9H2,2-3H3. The van der Waals surface area contributed by atoms with E-state index < -0.39 is 5.97 Å². The Balaban J connectivity index is 1.99. The molecule has 0 bridgehead atoms. The number of esters is 1. The Bertz CT molecular complexity index is 929. The number of halogens is 1. The Morgan fingerprint density at radius 3 is 2.96 bits per heavy atom. The van der Waals surface area contributed by atoms with Crippen molar-refractivity contribution in [2.24, 2.45) is 0 Å². The normalized spacial score (nSPS) is 11.0. The van der Waals surface area contributed by atoms with Gasteiger partial charge in [0.2, 0.25) is 0 Å². The molecule has 0 fully saturated rings. The lowest BCUT2D eigenvalue weighted by molar-refractivity contribution is 0.0518. The van der Waals surface area contributed by atoms with Gasteiger partial charge >= 0.3 is 5.97 Å². The van der Waals surface area contributed by atoms with Gasteiger partial charge in [0.05, 0.1) is 23.4 Å². The molecule has 0 aliphatic rings. The van der Waals surface area contributed by atoms with Crippen molar-refractivity contribution in [3.63, 3.8) is 0 Å². The summed E-state index contributed by atoms with van der Waals surface area (Å²) in [5, 5.41) is 5.83. The number of aromatic nitrogens is 3. The van der Waals surface area contributed by atoms with Gasteiger partial charge in [0, 0.05) is 16.3 Å². The van der Waals surface area contributed by atoms with Gasteiger partial charge < -0.3 is 4.74 Å². The first-order valence-electron chi connectivity index (χ1n) is 7.44. The second kappa shape index (κ2) is 6.75. The Morgan fingerprint density at radius 2 is 2.25 bits per heavy atom. The summed E-state index contributed by atoms with van der Waals surface area (Å²) in [5.41, 5.74) is 3.00. The second-order valence-corrected chi connectivity index (χ2v) is 6.72. The van der Waals surface area contributed by atoms with Gasteiger partial charge in [0.25, 0.3) is 0 Å². The zero-order valence-corrected chi connectivity index (χ0v) is 14.9. The molecule has 0 saturated heterocycles. The van der Waals surface area contributed by atoms with E-state index in [9.17, 15) is 4.79 Å². The smallest absolute Gasteiger partial charge is 0.358 e. The summed E-state index contributed by atoms with van der Waals surface area (Å²) in [7, 11) is 0. The molecule has 0 atom stereocenters. The van der Waals surface area contributed by atoms with Crippen molar-refractivity contribution in [3.05, 3.63) is 51.8 Å². The van der Waals surface area contributed by atoms with E-state index in [0.29, 0.717) is 23.9 Å². The monoisotopic (exact) mass is 361 g/mol. The lowest BCUT2D eigenvalue weighted by atomic mass is 10.2. The van der Waals surface area contributed by atoms with Crippen LogP contribution in [-0.2, 0) is 11.3 Å². The third-order valence-electron chi connectivity index (χ3n) is 3.52. The maximum atomic E-state index is 11.8. The van der Waals surface area contributed by atoms with Gasteiger partial charge in [0.15, 0.2) is 5.69 Å². The highest BCUT2D eigenvalue weighted by molar-refractivity contribution is 7.19. The van der Waals surface area contributed by atoms with Crippen LogP contribution in [0.4, 0.5) is 0 Å². The van der Waals surface area contributed by atoms with Crippen LogP contribution in [0.3, 0.4) is 0 Å². The Kier molecular flexibility index (Phi) is 4.69. The average Bonchev–Trinajstić information content (AvgIpc) is 3.11. The van der Waals surface area contributed by atoms with E-state index in [4.69, 9.17) is 16.3 Å². The number of rotatable bonds is 5. The molecular weight excluding hydrogens is 346 g/mol. The highest BCUT2D eigenvalue weighted by Crippen LogP contribution is 2.30. The molecule has 0 amide bonds. The molecule has 0 unspecified atom stereocenters. The van der Waals surface area contributed by atoms with Crippen molar-refractivity contribution in [2.75, 3.05) is 6.61 Å². The van der Waals surface area contributed by atoms with Crippen molar-refractivity contribution in [1.82, 2.24) is 14.8 Å². The minimum absolute atomic E-state index is 0.303. The number of ether oxygens (including phenoxy) is 1. The predicted octanol–water partition coefficient (Wildman–Crippen LogP) is 4.32. The molecule has 1 aromatic carbocycles. The highest BCUT2D eigenvalue weighted by atomic mass is 35.5. The maximum absolute atomic E-state index is 11.8. The molecule has 0 saturated carbocycles. The summed E-state index contributed by atoms with van der Waals surface area (Å²) >= 11 is 7.77. The number of carbonyl (C=O) groups is 1. The van der Waals surface area contributed by atoms with Gasteiger partial charge in [-0.25, -0.2) is 9.78 Å². The van der Waals surface area contributed by atoms with Crippen molar-refractivity contribution in [2.45, 2.75) is 20.4 Å². The molecule has 2 heterocycles. The van der Waals surface area contributed by atoms with E-state index in [1.54, 1.807) is 23.7 Å². The van der Waals surface area contributed by atoms with Gasteiger partial charge in [-0.2, -0.15) is 5.10 Å². The third kappa shape index (κ3) is 3.20. The maximum Gasteiger partial charge on any atom is 0.358 e. The number of carbonyl (C=O) groups excluding carboxylic acids is 1. The van der Waals surface area contributed by atoms with Crippen LogP contribution in [0, 0.1) is 6.92 Å².